The van der Waals surface area contributed by atoms with Crippen molar-refractivity contribution in [1.82, 2.24) is 4.98 Å². The van der Waals surface area contributed by atoms with Crippen molar-refractivity contribution < 1.29 is 12.8 Å². The Hall–Kier alpha value is -2.42. The van der Waals surface area contributed by atoms with E-state index in [1.165, 1.54) is 0 Å². The molecular weight excluding hydrogens is 439 g/mol. The lowest BCUT2D eigenvalue weighted by Crippen LogP contribution is -2.30. The molecule has 2 unspecified atom stereocenters. The van der Waals surface area contributed by atoms with Crippen molar-refractivity contribution in [3.63, 3.8) is 0 Å². The Kier molecular flexibility index (Phi) is 5.03. The zero-order chi connectivity index (χ0) is 21.8. The third-order valence-corrected chi connectivity index (χ3v) is 8.01. The fraction of sp³-hybridized carbons (Fsp3) is 0.318. The number of fused-ring (bicyclic) bond motifs is 2. The van der Waals surface area contributed by atoms with Gasteiger partial charge in [-0.15, -0.1) is 0 Å². The van der Waals surface area contributed by atoms with E-state index in [1.807, 2.05) is 40.1 Å². The molecule has 162 valence electrons. The lowest BCUT2D eigenvalue weighted by Gasteiger charge is -2.26. The molecule has 3 heterocycles. The van der Waals surface area contributed by atoms with Crippen molar-refractivity contribution in [2.24, 2.45) is 5.73 Å². The highest BCUT2D eigenvalue weighted by Gasteiger charge is 2.32. The molecule has 0 amide bonds. The molecular formula is C22H22ClFN4O2S. The molecule has 2 aliphatic heterocycles. The van der Waals surface area contributed by atoms with Crippen molar-refractivity contribution in [2.75, 3.05) is 35.2 Å². The number of benzene rings is 2. The normalized spacial score (nSPS) is 23.1. The number of hydrogen-bond acceptors (Lipinski definition) is 6. The summed E-state index contributed by atoms with van der Waals surface area (Å²) in [5, 5.41) is 1.39. The van der Waals surface area contributed by atoms with Crippen LogP contribution in [0, 0.1) is 0 Å². The molecule has 0 saturated carbocycles. The summed E-state index contributed by atoms with van der Waals surface area (Å²) in [5.41, 5.74) is 8.19. The highest BCUT2D eigenvalue weighted by molar-refractivity contribution is 7.91. The fourth-order valence-electron chi connectivity index (χ4n) is 4.33. The summed E-state index contributed by atoms with van der Waals surface area (Å²) in [5.74, 6) is 0.647. The minimum Gasteiger partial charge on any atom is -0.366 e. The van der Waals surface area contributed by atoms with E-state index in [4.69, 9.17) is 22.3 Å². The molecule has 0 spiro atoms. The van der Waals surface area contributed by atoms with E-state index in [9.17, 15) is 12.8 Å². The Balaban J connectivity index is 1.62. The van der Waals surface area contributed by atoms with E-state index in [1.54, 1.807) is 18.2 Å². The summed E-state index contributed by atoms with van der Waals surface area (Å²) in [6, 6.07) is 13.8. The van der Waals surface area contributed by atoms with E-state index < -0.39 is 22.1 Å². The van der Waals surface area contributed by atoms with Crippen LogP contribution in [0.1, 0.15) is 5.56 Å². The van der Waals surface area contributed by atoms with Gasteiger partial charge in [-0.1, -0.05) is 29.8 Å². The molecule has 1 saturated heterocycles. The SMILES string of the molecule is NC1CN(c2cc(N3CCS(=O)(=O)c4ccccc4C3)nc3ccc(Cl)cc23)CC1F. The number of anilines is 2. The maximum Gasteiger partial charge on any atom is 0.180 e. The lowest BCUT2D eigenvalue weighted by molar-refractivity contribution is 0.333. The van der Waals surface area contributed by atoms with Crippen LogP contribution < -0.4 is 15.5 Å². The Morgan fingerprint density at radius 2 is 1.90 bits per heavy atom. The zero-order valence-electron chi connectivity index (χ0n) is 16.7. The average Bonchev–Trinajstić information content (AvgIpc) is 3.01. The van der Waals surface area contributed by atoms with Crippen LogP contribution in [0.3, 0.4) is 0 Å². The molecule has 2 aromatic carbocycles. The van der Waals surface area contributed by atoms with Gasteiger partial charge in [0, 0.05) is 36.1 Å². The zero-order valence-corrected chi connectivity index (χ0v) is 18.3. The second-order valence-corrected chi connectivity index (χ2v) is 10.6. The van der Waals surface area contributed by atoms with Gasteiger partial charge in [0.15, 0.2) is 9.84 Å². The molecule has 1 fully saturated rings. The minimum absolute atomic E-state index is 0.000818. The summed E-state index contributed by atoms with van der Waals surface area (Å²) >= 11 is 6.23. The summed E-state index contributed by atoms with van der Waals surface area (Å²) < 4.78 is 39.7. The topological polar surface area (TPSA) is 79.5 Å². The van der Waals surface area contributed by atoms with Gasteiger partial charge in [0.2, 0.25) is 0 Å². The van der Waals surface area contributed by atoms with Gasteiger partial charge in [-0.05, 0) is 29.8 Å². The van der Waals surface area contributed by atoms with Gasteiger partial charge >= 0.3 is 0 Å². The van der Waals surface area contributed by atoms with Crippen LogP contribution in [-0.4, -0.2) is 51.0 Å². The Morgan fingerprint density at radius 3 is 2.68 bits per heavy atom. The van der Waals surface area contributed by atoms with Crippen molar-refractivity contribution >= 4 is 43.8 Å². The van der Waals surface area contributed by atoms with Gasteiger partial charge < -0.3 is 15.5 Å². The molecule has 2 aliphatic rings. The first kappa shape index (κ1) is 20.5. The number of halogens is 2. The number of hydrogen-bond donors (Lipinski definition) is 1. The Morgan fingerprint density at radius 1 is 1.10 bits per heavy atom. The predicted octanol–water partition coefficient (Wildman–Crippen LogP) is 3.17. The monoisotopic (exact) mass is 460 g/mol. The lowest BCUT2D eigenvalue weighted by atomic mass is 10.1. The summed E-state index contributed by atoms with van der Waals surface area (Å²) in [7, 11) is -3.37. The van der Waals surface area contributed by atoms with Crippen LogP contribution >= 0.6 is 11.6 Å². The van der Waals surface area contributed by atoms with Crippen molar-refractivity contribution in [3.8, 4) is 0 Å². The third kappa shape index (κ3) is 3.73. The standard InChI is InChI=1S/C22H22ClFN4O2S/c23-15-5-6-19-16(9-15)20(28-12-17(24)18(25)13-28)10-22(26-19)27-7-8-31(29,30)21-4-2-1-3-14(21)11-27/h1-6,9-10,17-18H,7-8,11-13,25H2. The smallest absolute Gasteiger partial charge is 0.180 e. The van der Waals surface area contributed by atoms with Gasteiger partial charge in [0.05, 0.1) is 34.4 Å². The molecule has 2 N–H and O–H groups in total. The maximum atomic E-state index is 14.2. The van der Waals surface area contributed by atoms with Crippen LogP contribution in [0.25, 0.3) is 10.9 Å². The first-order chi connectivity index (χ1) is 14.8. The van der Waals surface area contributed by atoms with Gasteiger partial charge in [0.1, 0.15) is 12.0 Å². The van der Waals surface area contributed by atoms with Crippen molar-refractivity contribution in [3.05, 3.63) is 59.1 Å². The average molecular weight is 461 g/mol. The van der Waals surface area contributed by atoms with E-state index in [2.05, 4.69) is 0 Å². The number of alkyl halides is 1. The first-order valence-electron chi connectivity index (χ1n) is 10.1. The molecule has 5 rings (SSSR count). The first-order valence-corrected chi connectivity index (χ1v) is 12.2. The number of rotatable bonds is 2. The van der Waals surface area contributed by atoms with E-state index in [0.29, 0.717) is 40.9 Å². The molecule has 2 atom stereocenters. The number of nitrogens with zero attached hydrogens (tertiary/aromatic N) is 3. The highest BCUT2D eigenvalue weighted by atomic mass is 35.5. The van der Waals surface area contributed by atoms with Gasteiger partial charge in [0.25, 0.3) is 0 Å². The highest BCUT2D eigenvalue weighted by Crippen LogP contribution is 2.35. The van der Waals surface area contributed by atoms with E-state index >= 15 is 0 Å². The van der Waals surface area contributed by atoms with Crippen LogP contribution in [0.4, 0.5) is 15.9 Å². The molecule has 1 aromatic heterocycles. The van der Waals surface area contributed by atoms with Crippen LogP contribution in [-0.2, 0) is 16.4 Å². The molecule has 3 aromatic rings. The van der Waals surface area contributed by atoms with Crippen LogP contribution in [0.15, 0.2) is 53.4 Å². The quantitative estimate of drug-likeness (QED) is 0.632. The third-order valence-electron chi connectivity index (χ3n) is 5.99. The second-order valence-electron chi connectivity index (χ2n) is 8.09. The van der Waals surface area contributed by atoms with E-state index in [-0.39, 0.29) is 12.3 Å². The predicted molar refractivity (Wildman–Crippen MR) is 121 cm³/mol. The molecule has 9 heteroatoms. The van der Waals surface area contributed by atoms with Crippen molar-refractivity contribution in [2.45, 2.75) is 23.7 Å². The van der Waals surface area contributed by atoms with Gasteiger partial charge in [-0.3, -0.25) is 0 Å². The maximum absolute atomic E-state index is 14.2. The number of aromatic nitrogens is 1. The second kappa shape index (κ2) is 7.62. The summed E-state index contributed by atoms with van der Waals surface area (Å²) in [6.07, 6.45) is -1.11. The summed E-state index contributed by atoms with van der Waals surface area (Å²) in [6.45, 7) is 1.33. The molecule has 0 radical (unpaired) electrons. The van der Waals surface area contributed by atoms with Gasteiger partial charge in [-0.2, -0.15) is 0 Å². The largest absolute Gasteiger partial charge is 0.366 e. The minimum atomic E-state index is -3.37. The van der Waals surface area contributed by atoms with Gasteiger partial charge in [-0.25, -0.2) is 17.8 Å². The van der Waals surface area contributed by atoms with Crippen molar-refractivity contribution in [1.29, 1.82) is 0 Å². The number of nitrogens with two attached hydrogens (primary N) is 1. The fourth-order valence-corrected chi connectivity index (χ4v) is 6.01. The number of sulfone groups is 1. The Labute approximate surface area is 185 Å². The molecule has 0 bridgehead atoms. The molecule has 0 aliphatic carbocycles. The Bertz CT molecular complexity index is 1260. The van der Waals surface area contributed by atoms with Crippen LogP contribution in [0.5, 0.6) is 0 Å². The van der Waals surface area contributed by atoms with Crippen LogP contribution in [0.2, 0.25) is 5.02 Å². The summed E-state index contributed by atoms with van der Waals surface area (Å²) in [4.78, 5) is 9.05. The molecule has 31 heavy (non-hydrogen) atoms. The molecule has 6 nitrogen and oxygen atoms in total. The number of pyridine rings is 1. The van der Waals surface area contributed by atoms with E-state index in [0.717, 1.165) is 16.6 Å².